The fourth-order valence-electron chi connectivity index (χ4n) is 2.53. The van der Waals surface area contributed by atoms with Gasteiger partial charge in [-0.2, -0.15) is 0 Å². The number of aromatic nitrogens is 1. The van der Waals surface area contributed by atoms with E-state index in [9.17, 15) is 9.90 Å². The number of carboxylic acid groups (broad SMARTS) is 1. The highest BCUT2D eigenvalue weighted by Crippen LogP contribution is 2.29. The lowest BCUT2D eigenvalue weighted by Gasteiger charge is -2.05. The molecule has 4 nitrogen and oxygen atoms in total. The summed E-state index contributed by atoms with van der Waals surface area (Å²) in [6.07, 6.45) is 2.03. The topological polar surface area (TPSA) is 62.5 Å². The molecule has 1 aromatic heterocycles. The van der Waals surface area contributed by atoms with Gasteiger partial charge >= 0.3 is 5.97 Å². The molecule has 0 spiro atoms. The lowest BCUT2D eigenvalue weighted by molar-refractivity contribution is 0.0699. The van der Waals surface area contributed by atoms with Gasteiger partial charge < -0.3 is 10.2 Å². The number of aromatic carboxylic acids is 1. The molecule has 112 valence electrons. The highest BCUT2D eigenvalue weighted by atomic mass is 35.5. The van der Waals surface area contributed by atoms with Crippen LogP contribution in [0.3, 0.4) is 0 Å². The van der Waals surface area contributed by atoms with E-state index in [0.29, 0.717) is 17.3 Å². The highest BCUT2D eigenvalue weighted by Gasteiger charge is 2.14. The molecule has 0 aliphatic rings. The Kier molecular flexibility index (Phi) is 3.88. The predicted molar refractivity (Wildman–Crippen MR) is 86.4 cm³/mol. The van der Waals surface area contributed by atoms with E-state index in [1.165, 1.54) is 10.3 Å². The van der Waals surface area contributed by atoms with E-state index < -0.39 is 5.97 Å². The Balaban J connectivity index is 2.07. The van der Waals surface area contributed by atoms with Gasteiger partial charge in [0.1, 0.15) is 0 Å². The highest BCUT2D eigenvalue weighted by molar-refractivity contribution is 6.21. The van der Waals surface area contributed by atoms with Gasteiger partial charge in [-0.1, -0.05) is 30.3 Å². The Bertz CT molecular complexity index is 837. The number of aliphatic hydroxyl groups is 1. The monoisotopic (exact) mass is 315 g/mol. The zero-order chi connectivity index (χ0) is 15.7. The summed E-state index contributed by atoms with van der Waals surface area (Å²) in [5.41, 5.74) is 3.82. The molecule has 2 N–H and O–H groups in total. The van der Waals surface area contributed by atoms with E-state index in [2.05, 4.69) is 0 Å². The van der Waals surface area contributed by atoms with Gasteiger partial charge in [0.25, 0.3) is 0 Å². The Hall–Kier alpha value is -2.30. The van der Waals surface area contributed by atoms with Gasteiger partial charge in [-0.3, -0.25) is 4.09 Å². The summed E-state index contributed by atoms with van der Waals surface area (Å²) in [6.45, 7) is 0.122. The third kappa shape index (κ3) is 2.58. The van der Waals surface area contributed by atoms with Gasteiger partial charge in [0.15, 0.2) is 0 Å². The summed E-state index contributed by atoms with van der Waals surface area (Å²) in [6, 6.07) is 13.4. The van der Waals surface area contributed by atoms with Crippen molar-refractivity contribution in [3.8, 4) is 11.1 Å². The normalized spacial score (nSPS) is 11.0. The Labute approximate surface area is 132 Å². The summed E-state index contributed by atoms with van der Waals surface area (Å²) in [7, 11) is 0. The van der Waals surface area contributed by atoms with Gasteiger partial charge in [-0.05, 0) is 35.2 Å². The van der Waals surface area contributed by atoms with Crippen LogP contribution in [-0.2, 0) is 6.42 Å². The van der Waals surface area contributed by atoms with E-state index >= 15 is 0 Å². The van der Waals surface area contributed by atoms with Crippen LogP contribution in [0.1, 0.15) is 15.9 Å². The summed E-state index contributed by atoms with van der Waals surface area (Å²) < 4.78 is 1.30. The third-order valence-electron chi connectivity index (χ3n) is 3.68. The van der Waals surface area contributed by atoms with E-state index in [4.69, 9.17) is 16.9 Å². The van der Waals surface area contributed by atoms with Crippen LogP contribution < -0.4 is 0 Å². The van der Waals surface area contributed by atoms with E-state index in [0.717, 1.165) is 16.7 Å². The van der Waals surface area contributed by atoms with Crippen molar-refractivity contribution in [3.05, 3.63) is 59.8 Å². The number of hydrogen-bond donors (Lipinski definition) is 2. The van der Waals surface area contributed by atoms with Gasteiger partial charge in [0, 0.05) is 30.0 Å². The molecule has 3 rings (SSSR count). The quantitative estimate of drug-likeness (QED) is 0.774. The van der Waals surface area contributed by atoms with Gasteiger partial charge in [-0.25, -0.2) is 4.79 Å². The van der Waals surface area contributed by atoms with Crippen molar-refractivity contribution in [1.82, 2.24) is 4.09 Å². The van der Waals surface area contributed by atoms with Crippen LogP contribution in [0, 0.1) is 0 Å². The van der Waals surface area contributed by atoms with E-state index in [1.807, 2.05) is 42.5 Å². The second-order valence-electron chi connectivity index (χ2n) is 5.06. The summed E-state index contributed by atoms with van der Waals surface area (Å²) in [4.78, 5) is 11.3. The Morgan fingerprint density at radius 3 is 2.41 bits per heavy atom. The fourth-order valence-corrected chi connectivity index (χ4v) is 2.78. The number of hydrogen-bond acceptors (Lipinski definition) is 2. The second-order valence-corrected chi connectivity index (χ2v) is 5.43. The first-order valence-corrected chi connectivity index (χ1v) is 7.18. The molecule has 0 saturated carbocycles. The average Bonchev–Trinajstić information content (AvgIpc) is 2.85. The van der Waals surface area contributed by atoms with Crippen LogP contribution in [0.25, 0.3) is 22.0 Å². The maximum atomic E-state index is 11.3. The van der Waals surface area contributed by atoms with Gasteiger partial charge in [0.2, 0.25) is 0 Å². The van der Waals surface area contributed by atoms with Crippen LogP contribution >= 0.6 is 11.8 Å². The molecule has 1 heterocycles. The van der Waals surface area contributed by atoms with Crippen molar-refractivity contribution >= 4 is 28.6 Å². The molecule has 0 fully saturated rings. The van der Waals surface area contributed by atoms with Crippen molar-refractivity contribution in [3.63, 3.8) is 0 Å². The number of nitrogens with zero attached hydrogens (tertiary/aromatic N) is 1. The largest absolute Gasteiger partial charge is 0.478 e. The van der Waals surface area contributed by atoms with Crippen molar-refractivity contribution in [1.29, 1.82) is 0 Å². The first-order chi connectivity index (χ1) is 10.6. The first kappa shape index (κ1) is 14.6. The molecule has 5 heteroatoms. The molecular weight excluding hydrogens is 302 g/mol. The molecule has 0 radical (unpaired) electrons. The molecule has 0 aliphatic carbocycles. The molecule has 0 bridgehead atoms. The lowest BCUT2D eigenvalue weighted by atomic mass is 10.0. The number of carboxylic acids is 1. The molecule has 0 unspecified atom stereocenters. The predicted octanol–water partition coefficient (Wildman–Crippen LogP) is 3.54. The minimum atomic E-state index is -1.00. The molecule has 0 saturated heterocycles. The molecule has 0 amide bonds. The second kappa shape index (κ2) is 5.83. The van der Waals surface area contributed by atoms with E-state index in [1.54, 1.807) is 0 Å². The van der Waals surface area contributed by atoms with Crippen LogP contribution in [-0.4, -0.2) is 26.9 Å². The molecule has 0 aliphatic heterocycles. The molecule has 3 aromatic rings. The lowest BCUT2D eigenvalue weighted by Crippen LogP contribution is -1.93. The first-order valence-electron chi connectivity index (χ1n) is 6.85. The van der Waals surface area contributed by atoms with Crippen molar-refractivity contribution in [2.24, 2.45) is 0 Å². The minimum absolute atomic E-state index is 0.122. The zero-order valence-corrected chi connectivity index (χ0v) is 12.4. The summed E-state index contributed by atoms with van der Waals surface area (Å²) >= 11 is 6.01. The van der Waals surface area contributed by atoms with Gasteiger partial charge in [0.05, 0.1) is 11.1 Å². The Morgan fingerprint density at radius 1 is 1.09 bits per heavy atom. The summed E-state index contributed by atoms with van der Waals surface area (Å²) in [5, 5.41) is 18.8. The van der Waals surface area contributed by atoms with Crippen LogP contribution in [0.15, 0.2) is 48.7 Å². The standard InChI is InChI=1S/C17H14ClNO3/c18-19-10-15(17(21)22)14-9-13(5-6-16(14)19)12-3-1-11(2-4-12)7-8-20/h1-6,9-10,20H,7-8H2,(H,21,22). The minimum Gasteiger partial charge on any atom is -0.478 e. The number of carbonyl (C=O) groups is 1. The number of aliphatic hydroxyl groups excluding tert-OH is 1. The zero-order valence-electron chi connectivity index (χ0n) is 11.7. The van der Waals surface area contributed by atoms with E-state index in [-0.39, 0.29) is 12.2 Å². The smallest absolute Gasteiger partial charge is 0.337 e. The number of benzene rings is 2. The number of fused-ring (bicyclic) bond motifs is 1. The Morgan fingerprint density at radius 2 is 1.77 bits per heavy atom. The molecular formula is C17H14ClNO3. The molecule has 22 heavy (non-hydrogen) atoms. The SMILES string of the molecule is O=C(O)c1cn(Cl)c2ccc(-c3ccc(CCO)cc3)cc12. The number of halogens is 1. The third-order valence-corrected chi connectivity index (χ3v) is 3.96. The number of rotatable bonds is 4. The van der Waals surface area contributed by atoms with Crippen molar-refractivity contribution in [2.75, 3.05) is 6.61 Å². The summed E-state index contributed by atoms with van der Waals surface area (Å²) in [5.74, 6) is -1.00. The van der Waals surface area contributed by atoms with Crippen molar-refractivity contribution < 1.29 is 15.0 Å². The fraction of sp³-hybridized carbons (Fsp3) is 0.118. The maximum Gasteiger partial charge on any atom is 0.337 e. The molecule has 2 aromatic carbocycles. The van der Waals surface area contributed by atoms with Gasteiger partial charge in [-0.15, -0.1) is 0 Å². The maximum absolute atomic E-state index is 11.3. The van der Waals surface area contributed by atoms with Crippen LogP contribution in [0.2, 0.25) is 0 Å². The van der Waals surface area contributed by atoms with Crippen LogP contribution in [0.4, 0.5) is 0 Å². The molecule has 0 atom stereocenters. The average molecular weight is 316 g/mol. The van der Waals surface area contributed by atoms with Crippen LogP contribution in [0.5, 0.6) is 0 Å². The van der Waals surface area contributed by atoms with Crippen molar-refractivity contribution in [2.45, 2.75) is 6.42 Å².